The lowest BCUT2D eigenvalue weighted by atomic mass is 9.96. The van der Waals surface area contributed by atoms with Gasteiger partial charge in [-0.1, -0.05) is 66.7 Å². The molecule has 0 spiro atoms. The lowest BCUT2D eigenvalue weighted by Gasteiger charge is -2.29. The third-order valence-corrected chi connectivity index (χ3v) is 6.46. The zero-order chi connectivity index (χ0) is 25.6. The maximum atomic E-state index is 13.1. The number of rotatable bonds is 5. The summed E-state index contributed by atoms with van der Waals surface area (Å²) in [6.45, 7) is 0.690. The highest BCUT2D eigenvalue weighted by molar-refractivity contribution is 6.07. The summed E-state index contributed by atoms with van der Waals surface area (Å²) in [5.41, 5.74) is 6.26. The lowest BCUT2D eigenvalue weighted by Crippen LogP contribution is -2.35. The molecule has 1 aliphatic heterocycles. The van der Waals surface area contributed by atoms with Crippen molar-refractivity contribution in [2.24, 2.45) is 0 Å². The lowest BCUT2D eigenvalue weighted by molar-refractivity contribution is -0.111. The normalized spacial score (nSPS) is 12.6. The van der Waals surface area contributed by atoms with Gasteiger partial charge >= 0.3 is 0 Å². The predicted octanol–water partition coefficient (Wildman–Crippen LogP) is 6.47. The molecule has 5 heteroatoms. The molecule has 5 rings (SSSR count). The number of nitrogens with zero attached hydrogens (tertiary/aromatic N) is 2. The predicted molar refractivity (Wildman–Crippen MR) is 147 cm³/mol. The average molecular weight is 484 g/mol. The smallest absolute Gasteiger partial charge is 0.258 e. The van der Waals surface area contributed by atoms with E-state index in [0.717, 1.165) is 29.7 Å². The van der Waals surface area contributed by atoms with Crippen molar-refractivity contribution in [2.75, 3.05) is 16.8 Å². The van der Waals surface area contributed by atoms with Crippen molar-refractivity contribution >= 4 is 29.3 Å². The van der Waals surface area contributed by atoms with Crippen LogP contribution in [0.2, 0.25) is 0 Å². The molecular formula is C32H25N3O2. The van der Waals surface area contributed by atoms with Crippen LogP contribution in [0.25, 0.3) is 17.2 Å². The van der Waals surface area contributed by atoms with Gasteiger partial charge in [-0.15, -0.1) is 0 Å². The Kier molecular flexibility index (Phi) is 6.91. The van der Waals surface area contributed by atoms with Crippen molar-refractivity contribution in [1.29, 1.82) is 5.26 Å². The first-order valence-corrected chi connectivity index (χ1v) is 12.2. The Morgan fingerprint density at radius 1 is 0.865 bits per heavy atom. The maximum absolute atomic E-state index is 13.1. The maximum Gasteiger partial charge on any atom is 0.258 e. The number of nitriles is 1. The number of para-hydroxylation sites is 1. The summed E-state index contributed by atoms with van der Waals surface area (Å²) in [7, 11) is 0. The Hall–Kier alpha value is -4.95. The van der Waals surface area contributed by atoms with Crippen LogP contribution in [0.15, 0.2) is 103 Å². The highest BCUT2D eigenvalue weighted by Crippen LogP contribution is 2.29. The third-order valence-electron chi connectivity index (χ3n) is 6.46. The summed E-state index contributed by atoms with van der Waals surface area (Å²) in [5, 5.41) is 12.6. The topological polar surface area (TPSA) is 73.2 Å². The van der Waals surface area contributed by atoms with Gasteiger partial charge < -0.3 is 10.2 Å². The quantitative estimate of drug-likeness (QED) is 0.331. The van der Waals surface area contributed by atoms with Gasteiger partial charge in [0.1, 0.15) is 6.07 Å². The minimum absolute atomic E-state index is 0.0488. The molecule has 4 aromatic rings. The van der Waals surface area contributed by atoms with E-state index in [1.165, 1.54) is 11.6 Å². The highest BCUT2D eigenvalue weighted by Gasteiger charge is 2.23. The monoisotopic (exact) mass is 483 g/mol. The van der Waals surface area contributed by atoms with Crippen molar-refractivity contribution < 1.29 is 9.59 Å². The molecule has 1 aliphatic rings. The fourth-order valence-electron chi connectivity index (χ4n) is 4.64. The standard InChI is InChI=1S/C32H25N3O2/c33-22-29-24(11-6-13-28(29)23-8-2-1-3-9-23)17-20-31(36)34-27-18-15-26(16-19-27)32(37)35-21-7-12-25-10-4-5-14-30(25)35/h1-6,8-11,13-20H,7,12,21H2,(H,34,36). The Bertz CT molecular complexity index is 1520. The number of aryl methyl sites for hydroxylation is 1. The fourth-order valence-corrected chi connectivity index (χ4v) is 4.64. The molecule has 5 nitrogen and oxygen atoms in total. The van der Waals surface area contributed by atoms with Crippen LogP contribution in [-0.2, 0) is 11.2 Å². The number of carbonyl (C=O) groups excluding carboxylic acids is 2. The third kappa shape index (κ3) is 5.19. The number of nitrogens with one attached hydrogen (secondary N) is 1. The van der Waals surface area contributed by atoms with E-state index in [0.29, 0.717) is 28.9 Å². The molecule has 0 aromatic heterocycles. The summed E-state index contributed by atoms with van der Waals surface area (Å²) in [6, 6.07) is 32.5. The van der Waals surface area contributed by atoms with Gasteiger partial charge in [0.2, 0.25) is 5.91 Å². The molecule has 0 fully saturated rings. The number of hydrogen-bond acceptors (Lipinski definition) is 3. The molecule has 0 radical (unpaired) electrons. The first-order chi connectivity index (χ1) is 18.1. The molecule has 4 aromatic carbocycles. The second-order valence-electron chi connectivity index (χ2n) is 8.84. The van der Waals surface area contributed by atoms with Gasteiger partial charge in [-0.2, -0.15) is 5.26 Å². The number of carbonyl (C=O) groups is 2. The van der Waals surface area contributed by atoms with Crippen LogP contribution in [-0.4, -0.2) is 18.4 Å². The van der Waals surface area contributed by atoms with E-state index in [1.54, 1.807) is 30.3 Å². The molecular weight excluding hydrogens is 458 g/mol. The molecule has 37 heavy (non-hydrogen) atoms. The minimum atomic E-state index is -0.321. The van der Waals surface area contributed by atoms with Crippen LogP contribution in [0.1, 0.15) is 33.5 Å². The van der Waals surface area contributed by atoms with Crippen LogP contribution >= 0.6 is 0 Å². The summed E-state index contributed by atoms with van der Waals surface area (Å²) in [6.07, 6.45) is 4.97. The van der Waals surface area contributed by atoms with E-state index in [4.69, 9.17) is 0 Å². The summed E-state index contributed by atoms with van der Waals surface area (Å²) >= 11 is 0. The van der Waals surface area contributed by atoms with Gasteiger partial charge in [-0.25, -0.2) is 0 Å². The van der Waals surface area contributed by atoms with Gasteiger partial charge in [0.25, 0.3) is 5.91 Å². The zero-order valence-corrected chi connectivity index (χ0v) is 20.2. The van der Waals surface area contributed by atoms with Crippen molar-refractivity contribution in [1.82, 2.24) is 0 Å². The Labute approximate surface area is 216 Å². The highest BCUT2D eigenvalue weighted by atomic mass is 16.2. The molecule has 180 valence electrons. The molecule has 0 saturated heterocycles. The van der Waals surface area contributed by atoms with Crippen molar-refractivity contribution in [3.63, 3.8) is 0 Å². The van der Waals surface area contributed by atoms with Crippen LogP contribution < -0.4 is 10.2 Å². The molecule has 0 saturated carbocycles. The van der Waals surface area contributed by atoms with Gasteiger partial charge in [-0.05, 0) is 65.9 Å². The molecule has 0 atom stereocenters. The summed E-state index contributed by atoms with van der Waals surface area (Å²) in [4.78, 5) is 27.6. The second kappa shape index (κ2) is 10.8. The van der Waals surface area contributed by atoms with E-state index in [1.807, 2.05) is 71.6 Å². The fraction of sp³-hybridized carbons (Fsp3) is 0.0938. The van der Waals surface area contributed by atoms with E-state index >= 15 is 0 Å². The van der Waals surface area contributed by atoms with E-state index in [2.05, 4.69) is 17.5 Å². The summed E-state index contributed by atoms with van der Waals surface area (Å²) < 4.78 is 0. The van der Waals surface area contributed by atoms with Crippen LogP contribution in [0.5, 0.6) is 0 Å². The van der Waals surface area contributed by atoms with Gasteiger partial charge in [-0.3, -0.25) is 9.59 Å². The second-order valence-corrected chi connectivity index (χ2v) is 8.84. The first-order valence-electron chi connectivity index (χ1n) is 12.2. The first kappa shape index (κ1) is 23.8. The SMILES string of the molecule is N#Cc1c(C=CC(=O)Nc2ccc(C(=O)N3CCCc4ccccc43)cc2)cccc1-c1ccccc1. The Balaban J connectivity index is 1.27. The molecule has 1 N–H and O–H groups in total. The number of amides is 2. The van der Waals surface area contributed by atoms with Gasteiger partial charge in [0.05, 0.1) is 5.56 Å². The van der Waals surface area contributed by atoms with Crippen LogP contribution in [0.3, 0.4) is 0 Å². The van der Waals surface area contributed by atoms with Crippen molar-refractivity contribution in [3.05, 3.63) is 125 Å². The largest absolute Gasteiger partial charge is 0.323 e. The van der Waals surface area contributed by atoms with Crippen molar-refractivity contribution in [3.8, 4) is 17.2 Å². The average Bonchev–Trinajstić information content (AvgIpc) is 2.96. The van der Waals surface area contributed by atoms with E-state index in [9.17, 15) is 14.9 Å². The number of anilines is 2. The number of hydrogen-bond donors (Lipinski definition) is 1. The molecule has 0 unspecified atom stereocenters. The molecule has 1 heterocycles. The summed E-state index contributed by atoms with van der Waals surface area (Å²) in [5.74, 6) is -0.370. The minimum Gasteiger partial charge on any atom is -0.323 e. The van der Waals surface area contributed by atoms with E-state index in [-0.39, 0.29) is 11.8 Å². The molecule has 0 aliphatic carbocycles. The molecule has 2 amide bonds. The van der Waals surface area contributed by atoms with E-state index < -0.39 is 0 Å². The Morgan fingerprint density at radius 2 is 1.62 bits per heavy atom. The van der Waals surface area contributed by atoms with Gasteiger partial charge in [0.15, 0.2) is 0 Å². The molecule has 0 bridgehead atoms. The number of fused-ring (bicyclic) bond motifs is 1. The Morgan fingerprint density at radius 3 is 2.41 bits per heavy atom. The van der Waals surface area contributed by atoms with Gasteiger partial charge in [0, 0.05) is 35.1 Å². The zero-order valence-electron chi connectivity index (χ0n) is 20.2. The van der Waals surface area contributed by atoms with Crippen molar-refractivity contribution in [2.45, 2.75) is 12.8 Å². The van der Waals surface area contributed by atoms with Crippen LogP contribution in [0.4, 0.5) is 11.4 Å². The van der Waals surface area contributed by atoms with Crippen LogP contribution in [0, 0.1) is 11.3 Å². The number of benzene rings is 4.